The molecule has 0 aliphatic heterocycles. The van der Waals surface area contributed by atoms with Crippen LogP contribution in [0.3, 0.4) is 0 Å². The van der Waals surface area contributed by atoms with E-state index in [2.05, 4.69) is 34.6 Å². The van der Waals surface area contributed by atoms with Crippen molar-refractivity contribution in [2.45, 2.75) is 72.3 Å². The van der Waals surface area contributed by atoms with Gasteiger partial charge >= 0.3 is 0 Å². The molecule has 0 fully saturated rings. The van der Waals surface area contributed by atoms with Crippen LogP contribution in [0.1, 0.15) is 66.7 Å². The highest BCUT2D eigenvalue weighted by atomic mass is 16.5. The Kier molecular flexibility index (Phi) is 7.26. The summed E-state index contributed by atoms with van der Waals surface area (Å²) in [5, 5.41) is 0. The summed E-state index contributed by atoms with van der Waals surface area (Å²) in [6.07, 6.45) is 6.29. The maximum Gasteiger partial charge on any atom is 0.0626 e. The third-order valence-corrected chi connectivity index (χ3v) is 2.57. The van der Waals surface area contributed by atoms with Gasteiger partial charge < -0.3 is 4.74 Å². The van der Waals surface area contributed by atoms with Crippen molar-refractivity contribution in [3.8, 4) is 0 Å². The zero-order valence-electron chi connectivity index (χ0n) is 10.7. The van der Waals surface area contributed by atoms with Crippen LogP contribution < -0.4 is 0 Å². The normalized spacial score (nSPS) is 12.4. The van der Waals surface area contributed by atoms with Gasteiger partial charge in [-0.2, -0.15) is 0 Å². The fraction of sp³-hybridized carbons (Fsp3) is 1.00. The van der Waals surface area contributed by atoms with Crippen molar-refractivity contribution in [1.29, 1.82) is 0 Å². The molecule has 0 radical (unpaired) electrons. The summed E-state index contributed by atoms with van der Waals surface area (Å²) in [5.74, 6) is 0.751. The van der Waals surface area contributed by atoms with Crippen molar-refractivity contribution in [2.24, 2.45) is 5.92 Å². The molecule has 0 aliphatic rings. The monoisotopic (exact) mass is 200 g/mol. The topological polar surface area (TPSA) is 9.23 Å². The van der Waals surface area contributed by atoms with Crippen LogP contribution in [0.4, 0.5) is 0 Å². The Morgan fingerprint density at radius 1 is 1.14 bits per heavy atom. The van der Waals surface area contributed by atoms with E-state index in [1.54, 1.807) is 0 Å². The second-order valence-electron chi connectivity index (χ2n) is 5.25. The Hall–Kier alpha value is -0.0400. The fourth-order valence-corrected chi connectivity index (χ4v) is 1.44. The second kappa shape index (κ2) is 7.28. The van der Waals surface area contributed by atoms with Gasteiger partial charge in [-0.25, -0.2) is 0 Å². The molecule has 0 aromatic heterocycles. The van der Waals surface area contributed by atoms with Crippen LogP contribution in [0, 0.1) is 5.92 Å². The molecule has 0 aliphatic carbocycles. The molecule has 0 atom stereocenters. The molecule has 86 valence electrons. The standard InChI is InChI=1S/C13H28O/c1-6-7-8-10-13(4,5)14-11-9-12(2)3/h12H,6-11H2,1-5H3. The van der Waals surface area contributed by atoms with E-state index in [1.807, 2.05) is 0 Å². The zero-order valence-corrected chi connectivity index (χ0v) is 10.7. The molecule has 0 rings (SSSR count). The van der Waals surface area contributed by atoms with E-state index in [0.717, 1.165) is 12.5 Å². The van der Waals surface area contributed by atoms with Gasteiger partial charge in [0.15, 0.2) is 0 Å². The van der Waals surface area contributed by atoms with E-state index in [1.165, 1.54) is 32.1 Å². The van der Waals surface area contributed by atoms with E-state index >= 15 is 0 Å². The minimum atomic E-state index is 0.0874. The predicted molar refractivity (Wildman–Crippen MR) is 63.6 cm³/mol. The first kappa shape index (κ1) is 14.0. The van der Waals surface area contributed by atoms with Gasteiger partial charge in [0.1, 0.15) is 0 Å². The molecule has 0 amide bonds. The van der Waals surface area contributed by atoms with Crippen molar-refractivity contribution in [2.75, 3.05) is 6.61 Å². The molecule has 1 heteroatoms. The molecular weight excluding hydrogens is 172 g/mol. The smallest absolute Gasteiger partial charge is 0.0626 e. The van der Waals surface area contributed by atoms with Crippen molar-refractivity contribution in [3.63, 3.8) is 0 Å². The Morgan fingerprint density at radius 3 is 2.29 bits per heavy atom. The minimum absolute atomic E-state index is 0.0874. The van der Waals surface area contributed by atoms with Crippen LogP contribution in [0.5, 0.6) is 0 Å². The molecule has 0 unspecified atom stereocenters. The fourth-order valence-electron chi connectivity index (χ4n) is 1.44. The van der Waals surface area contributed by atoms with E-state index in [9.17, 15) is 0 Å². The van der Waals surface area contributed by atoms with Gasteiger partial charge in [0.25, 0.3) is 0 Å². The van der Waals surface area contributed by atoms with E-state index in [-0.39, 0.29) is 5.60 Å². The molecule has 1 nitrogen and oxygen atoms in total. The first-order valence-electron chi connectivity index (χ1n) is 6.12. The predicted octanol–water partition coefficient (Wildman–Crippen LogP) is 4.41. The first-order chi connectivity index (χ1) is 6.48. The lowest BCUT2D eigenvalue weighted by Gasteiger charge is -2.25. The van der Waals surface area contributed by atoms with Crippen LogP contribution >= 0.6 is 0 Å². The lowest BCUT2D eigenvalue weighted by molar-refractivity contribution is -0.0292. The average Bonchev–Trinajstić information content (AvgIpc) is 2.03. The van der Waals surface area contributed by atoms with Crippen LogP contribution in [0.15, 0.2) is 0 Å². The van der Waals surface area contributed by atoms with E-state index < -0.39 is 0 Å². The molecule has 0 N–H and O–H groups in total. The summed E-state index contributed by atoms with van der Waals surface area (Å²) < 4.78 is 5.89. The summed E-state index contributed by atoms with van der Waals surface area (Å²) in [6, 6.07) is 0. The molecule has 0 aromatic rings. The van der Waals surface area contributed by atoms with Crippen LogP contribution in [0.2, 0.25) is 0 Å². The van der Waals surface area contributed by atoms with Crippen molar-refractivity contribution < 1.29 is 4.74 Å². The Balaban J connectivity index is 3.50. The molecule has 0 bridgehead atoms. The summed E-state index contributed by atoms with van der Waals surface area (Å²) in [5.41, 5.74) is 0.0874. The highest BCUT2D eigenvalue weighted by Crippen LogP contribution is 2.19. The molecule has 0 saturated heterocycles. The van der Waals surface area contributed by atoms with Gasteiger partial charge in [0, 0.05) is 6.61 Å². The number of unbranched alkanes of at least 4 members (excludes halogenated alkanes) is 2. The number of hydrogen-bond donors (Lipinski definition) is 0. The third-order valence-electron chi connectivity index (χ3n) is 2.57. The summed E-state index contributed by atoms with van der Waals surface area (Å²) in [6.45, 7) is 12.1. The zero-order chi connectivity index (χ0) is 11.0. The third kappa shape index (κ3) is 8.55. The van der Waals surface area contributed by atoms with Crippen LogP contribution in [-0.2, 0) is 4.74 Å². The maximum atomic E-state index is 5.89. The largest absolute Gasteiger partial charge is 0.376 e. The highest BCUT2D eigenvalue weighted by molar-refractivity contribution is 4.68. The maximum absolute atomic E-state index is 5.89. The second-order valence-corrected chi connectivity index (χ2v) is 5.25. The van der Waals surface area contributed by atoms with Gasteiger partial charge in [-0.1, -0.05) is 40.0 Å². The minimum Gasteiger partial charge on any atom is -0.376 e. The van der Waals surface area contributed by atoms with E-state index in [0.29, 0.717) is 0 Å². The molecule has 0 aromatic carbocycles. The van der Waals surface area contributed by atoms with Gasteiger partial charge in [0.05, 0.1) is 5.60 Å². The summed E-state index contributed by atoms with van der Waals surface area (Å²) in [4.78, 5) is 0. The first-order valence-corrected chi connectivity index (χ1v) is 6.12. The van der Waals surface area contributed by atoms with Gasteiger partial charge in [-0.3, -0.25) is 0 Å². The van der Waals surface area contributed by atoms with Crippen molar-refractivity contribution in [3.05, 3.63) is 0 Å². The van der Waals surface area contributed by atoms with Gasteiger partial charge in [0.2, 0.25) is 0 Å². The lowest BCUT2D eigenvalue weighted by Crippen LogP contribution is -2.25. The van der Waals surface area contributed by atoms with Crippen LogP contribution in [-0.4, -0.2) is 12.2 Å². The van der Waals surface area contributed by atoms with Crippen LogP contribution in [0.25, 0.3) is 0 Å². The number of rotatable bonds is 8. The molecule has 0 spiro atoms. The lowest BCUT2D eigenvalue weighted by atomic mass is 10.0. The van der Waals surface area contributed by atoms with Gasteiger partial charge in [-0.15, -0.1) is 0 Å². The average molecular weight is 200 g/mol. The Labute approximate surface area is 90.2 Å². The van der Waals surface area contributed by atoms with E-state index in [4.69, 9.17) is 4.74 Å². The Morgan fingerprint density at radius 2 is 1.79 bits per heavy atom. The SMILES string of the molecule is CCCCCC(C)(C)OCCC(C)C. The highest BCUT2D eigenvalue weighted by Gasteiger charge is 2.17. The number of ether oxygens (including phenoxy) is 1. The van der Waals surface area contributed by atoms with Gasteiger partial charge in [-0.05, 0) is 32.6 Å². The molecule has 0 saturated carbocycles. The molecular formula is C13H28O. The quantitative estimate of drug-likeness (QED) is 0.527. The van der Waals surface area contributed by atoms with Crippen molar-refractivity contribution >= 4 is 0 Å². The van der Waals surface area contributed by atoms with Crippen molar-refractivity contribution in [1.82, 2.24) is 0 Å². The molecule has 0 heterocycles. The molecule has 14 heavy (non-hydrogen) atoms. The summed E-state index contributed by atoms with van der Waals surface area (Å²) >= 11 is 0. The number of hydrogen-bond acceptors (Lipinski definition) is 1. The summed E-state index contributed by atoms with van der Waals surface area (Å²) in [7, 11) is 0. The Bertz CT molecular complexity index is 127.